The summed E-state index contributed by atoms with van der Waals surface area (Å²) in [5, 5.41) is 8.35. The number of aromatic nitrogens is 1. The Morgan fingerprint density at radius 1 is 1.39 bits per heavy atom. The SMILES string of the molecule is Cc1cc(CNC2(c3cccc(Cl)c3)CC2)no1. The van der Waals surface area contributed by atoms with E-state index in [-0.39, 0.29) is 5.54 Å². The summed E-state index contributed by atoms with van der Waals surface area (Å²) >= 11 is 6.04. The van der Waals surface area contributed by atoms with Crippen LogP contribution < -0.4 is 5.32 Å². The van der Waals surface area contributed by atoms with Crippen LogP contribution in [0.4, 0.5) is 0 Å². The predicted octanol–water partition coefficient (Wildman–Crippen LogP) is 3.42. The largest absolute Gasteiger partial charge is 0.361 e. The maximum Gasteiger partial charge on any atom is 0.133 e. The van der Waals surface area contributed by atoms with E-state index in [4.69, 9.17) is 16.1 Å². The lowest BCUT2D eigenvalue weighted by Crippen LogP contribution is -2.28. The Bertz CT molecular complexity index is 560. The Morgan fingerprint density at radius 2 is 2.22 bits per heavy atom. The average Bonchev–Trinajstić information content (AvgIpc) is 3.04. The number of aryl methyl sites for hydroxylation is 1. The molecular weight excluding hydrogens is 248 g/mol. The molecular formula is C14H15ClN2O. The Kier molecular flexibility index (Phi) is 2.88. The standard InChI is InChI=1S/C14H15ClN2O/c1-10-7-13(17-18-10)9-16-14(5-6-14)11-3-2-4-12(15)8-11/h2-4,7-8,16H,5-6,9H2,1H3. The minimum Gasteiger partial charge on any atom is -0.361 e. The maximum atomic E-state index is 6.04. The second-order valence-electron chi connectivity index (χ2n) is 4.87. The minimum atomic E-state index is 0.0811. The number of rotatable bonds is 4. The molecule has 1 aromatic heterocycles. The van der Waals surface area contributed by atoms with Crippen molar-refractivity contribution < 1.29 is 4.52 Å². The topological polar surface area (TPSA) is 38.1 Å². The van der Waals surface area contributed by atoms with Gasteiger partial charge < -0.3 is 9.84 Å². The normalized spacial score (nSPS) is 16.8. The van der Waals surface area contributed by atoms with Gasteiger partial charge in [-0.05, 0) is 37.5 Å². The highest BCUT2D eigenvalue weighted by Gasteiger charge is 2.43. The first kappa shape index (κ1) is 11.8. The van der Waals surface area contributed by atoms with Crippen molar-refractivity contribution in [2.45, 2.75) is 31.8 Å². The van der Waals surface area contributed by atoms with E-state index >= 15 is 0 Å². The summed E-state index contributed by atoms with van der Waals surface area (Å²) in [6.45, 7) is 2.63. The quantitative estimate of drug-likeness (QED) is 0.918. The van der Waals surface area contributed by atoms with Crippen molar-refractivity contribution in [1.82, 2.24) is 10.5 Å². The molecule has 18 heavy (non-hydrogen) atoms. The van der Waals surface area contributed by atoms with Gasteiger partial charge in [0.2, 0.25) is 0 Å². The highest BCUT2D eigenvalue weighted by atomic mass is 35.5. The lowest BCUT2D eigenvalue weighted by Gasteiger charge is -2.17. The second-order valence-corrected chi connectivity index (χ2v) is 5.31. The van der Waals surface area contributed by atoms with Gasteiger partial charge in [-0.2, -0.15) is 0 Å². The van der Waals surface area contributed by atoms with Crippen molar-refractivity contribution in [3.05, 3.63) is 52.4 Å². The van der Waals surface area contributed by atoms with Gasteiger partial charge in [0, 0.05) is 23.2 Å². The van der Waals surface area contributed by atoms with E-state index in [1.807, 2.05) is 31.2 Å². The number of benzene rings is 1. The molecule has 0 aliphatic heterocycles. The molecule has 1 aromatic carbocycles. The van der Waals surface area contributed by atoms with Gasteiger partial charge in [-0.1, -0.05) is 28.9 Å². The lowest BCUT2D eigenvalue weighted by atomic mass is 10.1. The maximum absolute atomic E-state index is 6.04. The molecule has 1 aliphatic carbocycles. The number of halogens is 1. The van der Waals surface area contributed by atoms with Crippen LogP contribution in [0.1, 0.15) is 29.9 Å². The van der Waals surface area contributed by atoms with Crippen LogP contribution in [-0.4, -0.2) is 5.16 Å². The molecule has 3 rings (SSSR count). The summed E-state index contributed by atoms with van der Waals surface area (Å²) in [4.78, 5) is 0. The summed E-state index contributed by atoms with van der Waals surface area (Å²) in [7, 11) is 0. The van der Waals surface area contributed by atoms with Crippen LogP contribution in [0.5, 0.6) is 0 Å². The van der Waals surface area contributed by atoms with E-state index in [1.165, 1.54) is 5.56 Å². The van der Waals surface area contributed by atoms with Gasteiger partial charge in [0.05, 0.1) is 5.69 Å². The van der Waals surface area contributed by atoms with Crippen LogP contribution in [0, 0.1) is 6.92 Å². The second kappa shape index (κ2) is 4.41. The Balaban J connectivity index is 1.72. The molecule has 0 unspecified atom stereocenters. The van der Waals surface area contributed by atoms with Crippen molar-refractivity contribution >= 4 is 11.6 Å². The molecule has 1 N–H and O–H groups in total. The van der Waals surface area contributed by atoms with E-state index in [9.17, 15) is 0 Å². The summed E-state index contributed by atoms with van der Waals surface area (Å²) < 4.78 is 5.06. The molecule has 2 aromatic rings. The molecule has 4 heteroatoms. The van der Waals surface area contributed by atoms with Crippen LogP contribution in [0.15, 0.2) is 34.9 Å². The van der Waals surface area contributed by atoms with E-state index < -0.39 is 0 Å². The molecule has 0 saturated heterocycles. The smallest absolute Gasteiger partial charge is 0.133 e. The number of hydrogen-bond donors (Lipinski definition) is 1. The minimum absolute atomic E-state index is 0.0811. The van der Waals surface area contributed by atoms with Gasteiger partial charge in [-0.3, -0.25) is 0 Å². The van der Waals surface area contributed by atoms with Gasteiger partial charge in [-0.15, -0.1) is 0 Å². The van der Waals surface area contributed by atoms with Gasteiger partial charge in [0.1, 0.15) is 5.76 Å². The third-order valence-corrected chi connectivity index (χ3v) is 3.65. The third-order valence-electron chi connectivity index (χ3n) is 3.41. The molecule has 1 heterocycles. The zero-order valence-corrected chi connectivity index (χ0v) is 11.0. The number of nitrogens with zero attached hydrogens (tertiary/aromatic N) is 1. The van der Waals surface area contributed by atoms with Gasteiger partial charge >= 0.3 is 0 Å². The first-order chi connectivity index (χ1) is 8.68. The molecule has 0 atom stereocenters. The van der Waals surface area contributed by atoms with Crippen molar-refractivity contribution in [2.75, 3.05) is 0 Å². The number of hydrogen-bond acceptors (Lipinski definition) is 3. The van der Waals surface area contributed by atoms with E-state index in [2.05, 4.69) is 16.5 Å². The summed E-state index contributed by atoms with van der Waals surface area (Å²) in [5.41, 5.74) is 2.29. The van der Waals surface area contributed by atoms with E-state index in [1.54, 1.807) is 0 Å². The van der Waals surface area contributed by atoms with Crippen molar-refractivity contribution in [3.8, 4) is 0 Å². The molecule has 3 nitrogen and oxygen atoms in total. The zero-order valence-electron chi connectivity index (χ0n) is 10.2. The van der Waals surface area contributed by atoms with Gasteiger partial charge in [0.25, 0.3) is 0 Å². The molecule has 0 amide bonds. The Labute approximate surface area is 111 Å². The Hall–Kier alpha value is -1.32. The van der Waals surface area contributed by atoms with Crippen molar-refractivity contribution in [1.29, 1.82) is 0 Å². The average molecular weight is 263 g/mol. The molecule has 0 spiro atoms. The molecule has 1 fully saturated rings. The molecule has 1 saturated carbocycles. The van der Waals surface area contributed by atoms with Gasteiger partial charge in [-0.25, -0.2) is 0 Å². The van der Waals surface area contributed by atoms with Crippen LogP contribution in [0.3, 0.4) is 0 Å². The monoisotopic (exact) mass is 262 g/mol. The highest BCUT2D eigenvalue weighted by molar-refractivity contribution is 6.30. The van der Waals surface area contributed by atoms with Crippen LogP contribution in [0.25, 0.3) is 0 Å². The fourth-order valence-corrected chi connectivity index (χ4v) is 2.43. The zero-order chi connectivity index (χ0) is 12.6. The van der Waals surface area contributed by atoms with E-state index in [0.717, 1.165) is 35.9 Å². The highest BCUT2D eigenvalue weighted by Crippen LogP contribution is 2.46. The molecule has 1 aliphatic rings. The summed E-state index contributed by atoms with van der Waals surface area (Å²) in [5.74, 6) is 0.847. The fourth-order valence-electron chi connectivity index (χ4n) is 2.24. The molecule has 0 bridgehead atoms. The first-order valence-corrected chi connectivity index (χ1v) is 6.49. The van der Waals surface area contributed by atoms with Crippen LogP contribution >= 0.6 is 11.6 Å². The van der Waals surface area contributed by atoms with Crippen LogP contribution in [-0.2, 0) is 12.1 Å². The summed E-state index contributed by atoms with van der Waals surface area (Å²) in [6, 6.07) is 10.0. The van der Waals surface area contributed by atoms with E-state index in [0.29, 0.717) is 0 Å². The van der Waals surface area contributed by atoms with Crippen LogP contribution in [0.2, 0.25) is 5.02 Å². The summed E-state index contributed by atoms with van der Waals surface area (Å²) in [6.07, 6.45) is 2.29. The van der Waals surface area contributed by atoms with Gasteiger partial charge in [0.15, 0.2) is 0 Å². The third kappa shape index (κ3) is 2.28. The number of nitrogens with one attached hydrogen (secondary N) is 1. The van der Waals surface area contributed by atoms with Crippen molar-refractivity contribution in [2.24, 2.45) is 0 Å². The predicted molar refractivity (Wildman–Crippen MR) is 70.4 cm³/mol. The first-order valence-electron chi connectivity index (χ1n) is 6.11. The fraction of sp³-hybridized carbons (Fsp3) is 0.357. The Morgan fingerprint density at radius 3 is 2.83 bits per heavy atom. The molecule has 0 radical (unpaired) electrons. The molecule has 94 valence electrons. The lowest BCUT2D eigenvalue weighted by molar-refractivity contribution is 0.384. The van der Waals surface area contributed by atoms with Crippen molar-refractivity contribution in [3.63, 3.8) is 0 Å².